The van der Waals surface area contributed by atoms with Crippen LogP contribution >= 0.6 is 0 Å². The lowest BCUT2D eigenvalue weighted by atomic mass is 10.0. The first-order valence-corrected chi connectivity index (χ1v) is 11.1. The summed E-state index contributed by atoms with van der Waals surface area (Å²) in [5.74, 6) is 0.367. The van der Waals surface area contributed by atoms with Crippen molar-refractivity contribution in [3.8, 4) is 5.75 Å². The number of methoxy groups -OCH3 is 1. The molecule has 7 nitrogen and oxygen atoms in total. The van der Waals surface area contributed by atoms with Crippen LogP contribution in [0.25, 0.3) is 0 Å². The second kappa shape index (κ2) is 10.1. The van der Waals surface area contributed by atoms with E-state index in [4.69, 9.17) is 4.74 Å². The van der Waals surface area contributed by atoms with Gasteiger partial charge < -0.3 is 15.0 Å². The van der Waals surface area contributed by atoms with Gasteiger partial charge in [0, 0.05) is 19.2 Å². The van der Waals surface area contributed by atoms with Gasteiger partial charge in [-0.2, -0.15) is 4.31 Å². The molecular formula is C22H31N3O4S. The van der Waals surface area contributed by atoms with Crippen LogP contribution in [0.3, 0.4) is 0 Å². The van der Waals surface area contributed by atoms with Crippen LogP contribution in [0.15, 0.2) is 47.4 Å². The maximum Gasteiger partial charge on any atom is 0.243 e. The average Bonchev–Trinajstić information content (AvgIpc) is 2.70. The number of amides is 1. The third kappa shape index (κ3) is 5.59. The third-order valence-corrected chi connectivity index (χ3v) is 6.97. The first-order chi connectivity index (χ1) is 14.1. The second-order valence-corrected chi connectivity index (χ2v) is 9.58. The Bertz CT molecular complexity index is 990. The van der Waals surface area contributed by atoms with Crippen LogP contribution in [0, 0.1) is 13.8 Å². The largest absolute Gasteiger partial charge is 0.496 e. The molecule has 0 radical (unpaired) electrons. The summed E-state index contributed by atoms with van der Waals surface area (Å²) in [7, 11) is 3.10. The standard InChI is InChI=1S/C22H31N3O4S/c1-16-11-12-18(13-17(16)2)30(27,28)25(5)15-22(26)23-14-20(24(3)4)19-9-7-8-10-21(19)29-6/h7-13,20H,14-15H2,1-6H3,(H,23,26). The Morgan fingerprint density at radius 1 is 1.07 bits per heavy atom. The van der Waals surface area contributed by atoms with Gasteiger partial charge in [0.1, 0.15) is 5.75 Å². The van der Waals surface area contributed by atoms with Crippen LogP contribution in [0.2, 0.25) is 0 Å². The zero-order chi connectivity index (χ0) is 22.5. The van der Waals surface area contributed by atoms with E-state index in [1.54, 1.807) is 25.3 Å². The molecular weight excluding hydrogens is 402 g/mol. The van der Waals surface area contributed by atoms with Crippen molar-refractivity contribution in [1.29, 1.82) is 0 Å². The number of nitrogens with one attached hydrogen (secondary N) is 1. The summed E-state index contributed by atoms with van der Waals surface area (Å²) in [6, 6.07) is 12.5. The van der Waals surface area contributed by atoms with Crippen LogP contribution in [0.4, 0.5) is 0 Å². The number of sulfonamides is 1. The van der Waals surface area contributed by atoms with E-state index in [0.29, 0.717) is 6.54 Å². The summed E-state index contributed by atoms with van der Waals surface area (Å²) >= 11 is 0. The van der Waals surface area contributed by atoms with E-state index in [-0.39, 0.29) is 23.4 Å². The number of carbonyl (C=O) groups excluding carboxylic acids is 1. The molecule has 0 saturated carbocycles. The van der Waals surface area contributed by atoms with Crippen molar-refractivity contribution in [2.45, 2.75) is 24.8 Å². The third-order valence-electron chi connectivity index (χ3n) is 5.17. The van der Waals surface area contributed by atoms with Crippen molar-refractivity contribution in [1.82, 2.24) is 14.5 Å². The first kappa shape index (κ1) is 23.9. The number of carbonyl (C=O) groups is 1. The maximum atomic E-state index is 12.8. The molecule has 164 valence electrons. The van der Waals surface area contributed by atoms with Gasteiger partial charge in [-0.25, -0.2) is 8.42 Å². The molecule has 0 fully saturated rings. The molecule has 2 rings (SSSR count). The quantitative estimate of drug-likeness (QED) is 0.657. The van der Waals surface area contributed by atoms with Gasteiger partial charge in [0.2, 0.25) is 15.9 Å². The van der Waals surface area contributed by atoms with E-state index in [1.165, 1.54) is 7.05 Å². The number of para-hydroxylation sites is 1. The predicted octanol–water partition coefficient (Wildman–Crippen LogP) is 2.35. The molecule has 1 N–H and O–H groups in total. The van der Waals surface area contributed by atoms with E-state index in [0.717, 1.165) is 26.7 Å². The van der Waals surface area contributed by atoms with Gasteiger partial charge in [0.25, 0.3) is 0 Å². The Hall–Kier alpha value is -2.42. The maximum absolute atomic E-state index is 12.8. The molecule has 0 saturated heterocycles. The lowest BCUT2D eigenvalue weighted by molar-refractivity contribution is -0.121. The fourth-order valence-electron chi connectivity index (χ4n) is 3.12. The molecule has 0 aliphatic carbocycles. The molecule has 0 aliphatic rings. The van der Waals surface area contributed by atoms with Gasteiger partial charge in [-0.15, -0.1) is 0 Å². The number of hydrogen-bond donors (Lipinski definition) is 1. The Labute approximate surface area is 179 Å². The highest BCUT2D eigenvalue weighted by atomic mass is 32.2. The van der Waals surface area contributed by atoms with Crippen LogP contribution in [-0.2, 0) is 14.8 Å². The molecule has 0 heterocycles. The number of benzene rings is 2. The fraction of sp³-hybridized carbons (Fsp3) is 0.409. The number of nitrogens with zero attached hydrogens (tertiary/aromatic N) is 2. The Morgan fingerprint density at radius 3 is 2.33 bits per heavy atom. The zero-order valence-electron chi connectivity index (χ0n) is 18.5. The Kier molecular flexibility index (Phi) is 8.00. The van der Waals surface area contributed by atoms with Crippen molar-refractivity contribution in [2.75, 3.05) is 41.3 Å². The lowest BCUT2D eigenvalue weighted by Crippen LogP contribution is -2.41. The molecule has 2 aromatic rings. The minimum Gasteiger partial charge on any atom is -0.496 e. The molecule has 1 amide bonds. The summed E-state index contributed by atoms with van der Waals surface area (Å²) in [6.07, 6.45) is 0. The minimum absolute atomic E-state index is 0.119. The number of ether oxygens (including phenoxy) is 1. The summed E-state index contributed by atoms with van der Waals surface area (Å²) in [6.45, 7) is 3.84. The zero-order valence-corrected chi connectivity index (χ0v) is 19.3. The molecule has 8 heteroatoms. The minimum atomic E-state index is -3.75. The fourth-order valence-corrected chi connectivity index (χ4v) is 4.33. The van der Waals surface area contributed by atoms with E-state index >= 15 is 0 Å². The number of rotatable bonds is 9. The molecule has 0 aliphatic heterocycles. The van der Waals surface area contributed by atoms with Crippen LogP contribution < -0.4 is 10.1 Å². The summed E-state index contributed by atoms with van der Waals surface area (Å²) in [5, 5.41) is 2.85. The highest BCUT2D eigenvalue weighted by Gasteiger charge is 2.24. The topological polar surface area (TPSA) is 79.0 Å². The Morgan fingerprint density at radius 2 is 1.73 bits per heavy atom. The van der Waals surface area contributed by atoms with Crippen molar-refractivity contribution in [3.05, 3.63) is 59.2 Å². The van der Waals surface area contributed by atoms with E-state index < -0.39 is 10.0 Å². The SMILES string of the molecule is COc1ccccc1C(CNC(=O)CN(C)S(=O)(=O)c1ccc(C)c(C)c1)N(C)C. The molecule has 1 atom stereocenters. The van der Waals surface area contributed by atoms with E-state index in [1.807, 2.05) is 57.1 Å². The molecule has 30 heavy (non-hydrogen) atoms. The van der Waals surface area contributed by atoms with Gasteiger partial charge >= 0.3 is 0 Å². The molecule has 0 aromatic heterocycles. The molecule has 0 bridgehead atoms. The van der Waals surface area contributed by atoms with Gasteiger partial charge in [-0.3, -0.25) is 4.79 Å². The highest BCUT2D eigenvalue weighted by molar-refractivity contribution is 7.89. The number of hydrogen-bond acceptors (Lipinski definition) is 5. The first-order valence-electron chi connectivity index (χ1n) is 9.67. The van der Waals surface area contributed by atoms with E-state index in [2.05, 4.69) is 5.32 Å². The van der Waals surface area contributed by atoms with Crippen LogP contribution in [0.1, 0.15) is 22.7 Å². The van der Waals surface area contributed by atoms with Crippen LogP contribution in [0.5, 0.6) is 5.75 Å². The van der Waals surface area contributed by atoms with Crippen molar-refractivity contribution in [3.63, 3.8) is 0 Å². The smallest absolute Gasteiger partial charge is 0.243 e. The Balaban J connectivity index is 2.07. The van der Waals surface area contributed by atoms with Gasteiger partial charge in [-0.05, 0) is 57.3 Å². The van der Waals surface area contributed by atoms with E-state index in [9.17, 15) is 13.2 Å². The molecule has 2 aromatic carbocycles. The lowest BCUT2D eigenvalue weighted by Gasteiger charge is -2.27. The van der Waals surface area contributed by atoms with Crippen molar-refractivity contribution < 1.29 is 17.9 Å². The van der Waals surface area contributed by atoms with Crippen LogP contribution in [-0.4, -0.2) is 64.9 Å². The molecule has 0 spiro atoms. The normalized spacial score (nSPS) is 12.8. The number of likely N-dealkylation sites (N-methyl/N-ethyl adjacent to an activating group) is 2. The predicted molar refractivity (Wildman–Crippen MR) is 118 cm³/mol. The van der Waals surface area contributed by atoms with Crippen molar-refractivity contribution in [2.24, 2.45) is 0 Å². The summed E-state index contributed by atoms with van der Waals surface area (Å²) in [5.41, 5.74) is 2.85. The average molecular weight is 434 g/mol. The monoisotopic (exact) mass is 433 g/mol. The van der Waals surface area contributed by atoms with Crippen molar-refractivity contribution >= 4 is 15.9 Å². The van der Waals surface area contributed by atoms with Gasteiger partial charge in [-0.1, -0.05) is 24.3 Å². The summed E-state index contributed by atoms with van der Waals surface area (Å²) < 4.78 is 32.1. The number of aryl methyl sites for hydroxylation is 2. The second-order valence-electron chi connectivity index (χ2n) is 7.53. The van der Waals surface area contributed by atoms with Gasteiger partial charge in [0.15, 0.2) is 0 Å². The highest BCUT2D eigenvalue weighted by Crippen LogP contribution is 2.27. The summed E-state index contributed by atoms with van der Waals surface area (Å²) in [4.78, 5) is 14.7. The molecule has 1 unspecified atom stereocenters. The van der Waals surface area contributed by atoms with Gasteiger partial charge in [0.05, 0.1) is 24.6 Å².